The monoisotopic (exact) mass is 263 g/mol. The molecule has 0 fully saturated rings. The van der Waals surface area contributed by atoms with Gasteiger partial charge in [0.15, 0.2) is 0 Å². The molecule has 4 heteroatoms. The third kappa shape index (κ3) is 5.12. The van der Waals surface area contributed by atoms with Gasteiger partial charge in [-0.15, -0.1) is 0 Å². The van der Waals surface area contributed by atoms with Crippen LogP contribution in [0.5, 0.6) is 0 Å². The summed E-state index contributed by atoms with van der Waals surface area (Å²) in [5.74, 6) is -0.961. The second kappa shape index (κ2) is 7.56. The summed E-state index contributed by atoms with van der Waals surface area (Å²) < 4.78 is 0. The molecule has 1 aromatic carbocycles. The highest BCUT2D eigenvalue weighted by atomic mass is 16.4. The van der Waals surface area contributed by atoms with Crippen LogP contribution in [0.1, 0.15) is 38.2 Å². The van der Waals surface area contributed by atoms with E-state index in [0.29, 0.717) is 13.0 Å². The number of nitrogens with zero attached hydrogens (tertiary/aromatic N) is 1. The van der Waals surface area contributed by atoms with Crippen molar-refractivity contribution in [2.75, 3.05) is 13.1 Å². The van der Waals surface area contributed by atoms with E-state index in [1.807, 2.05) is 44.2 Å². The van der Waals surface area contributed by atoms with Gasteiger partial charge in [0.25, 0.3) is 0 Å². The van der Waals surface area contributed by atoms with Crippen molar-refractivity contribution in [3.05, 3.63) is 35.9 Å². The number of hydrogen-bond acceptors (Lipinski definition) is 2. The first-order valence-corrected chi connectivity index (χ1v) is 6.59. The average Bonchev–Trinajstić information content (AvgIpc) is 2.38. The molecule has 104 valence electrons. The van der Waals surface area contributed by atoms with Gasteiger partial charge in [0.05, 0.1) is 0 Å². The number of aliphatic carboxylic acids is 1. The normalized spacial score (nSPS) is 11.9. The van der Waals surface area contributed by atoms with Crippen molar-refractivity contribution >= 4 is 11.9 Å². The minimum atomic E-state index is -0.964. The van der Waals surface area contributed by atoms with Crippen molar-refractivity contribution in [3.8, 4) is 0 Å². The van der Waals surface area contributed by atoms with Gasteiger partial charge in [-0.25, -0.2) is 0 Å². The van der Waals surface area contributed by atoms with Gasteiger partial charge in [-0.1, -0.05) is 44.2 Å². The number of carbonyl (C=O) groups excluding carboxylic acids is 1. The van der Waals surface area contributed by atoms with Gasteiger partial charge in [0.2, 0.25) is 5.91 Å². The first-order chi connectivity index (χ1) is 9.04. The van der Waals surface area contributed by atoms with Crippen molar-refractivity contribution in [2.45, 2.75) is 32.6 Å². The Morgan fingerprint density at radius 1 is 1.26 bits per heavy atom. The molecule has 1 unspecified atom stereocenters. The Kier molecular flexibility index (Phi) is 6.06. The number of benzene rings is 1. The number of carboxylic acid groups (broad SMARTS) is 1. The summed E-state index contributed by atoms with van der Waals surface area (Å²) in [6, 6.07) is 9.79. The van der Waals surface area contributed by atoms with E-state index in [9.17, 15) is 9.59 Å². The van der Waals surface area contributed by atoms with Crippen LogP contribution in [-0.4, -0.2) is 35.0 Å². The minimum absolute atomic E-state index is 0.0967. The Morgan fingerprint density at radius 3 is 2.42 bits per heavy atom. The lowest BCUT2D eigenvalue weighted by Gasteiger charge is -2.22. The van der Waals surface area contributed by atoms with E-state index < -0.39 is 5.97 Å². The second-order valence-corrected chi connectivity index (χ2v) is 4.72. The lowest BCUT2D eigenvalue weighted by atomic mass is 9.97. The van der Waals surface area contributed by atoms with Crippen LogP contribution in [0.15, 0.2) is 30.3 Å². The van der Waals surface area contributed by atoms with E-state index in [1.54, 1.807) is 0 Å². The zero-order chi connectivity index (χ0) is 14.3. The zero-order valence-electron chi connectivity index (χ0n) is 11.5. The number of carbonyl (C=O) groups is 2. The van der Waals surface area contributed by atoms with Gasteiger partial charge in [-0.05, 0) is 17.9 Å². The highest BCUT2D eigenvalue weighted by Crippen LogP contribution is 2.19. The average molecular weight is 263 g/mol. The molecular weight excluding hydrogens is 242 g/mol. The number of carboxylic acids is 1. The maximum Gasteiger partial charge on any atom is 0.323 e. The maximum atomic E-state index is 12.1. The molecule has 0 aromatic heterocycles. The minimum Gasteiger partial charge on any atom is -0.480 e. The Hall–Kier alpha value is -1.84. The Balaban J connectivity index is 2.63. The van der Waals surface area contributed by atoms with Crippen LogP contribution >= 0.6 is 0 Å². The highest BCUT2D eigenvalue weighted by molar-refractivity contribution is 5.81. The standard InChI is InChI=1S/C15H21NO3/c1-3-9-16(11-15(18)19)14(17)10-12(2)13-7-5-4-6-8-13/h4-8,12H,3,9-11H2,1-2H3,(H,18,19). The van der Waals surface area contributed by atoms with Crippen LogP contribution in [0, 0.1) is 0 Å². The van der Waals surface area contributed by atoms with E-state index in [4.69, 9.17) is 5.11 Å². The fourth-order valence-corrected chi connectivity index (χ4v) is 2.02. The topological polar surface area (TPSA) is 57.6 Å². The van der Waals surface area contributed by atoms with Crippen LogP contribution in [0.2, 0.25) is 0 Å². The smallest absolute Gasteiger partial charge is 0.323 e. The van der Waals surface area contributed by atoms with E-state index in [-0.39, 0.29) is 18.4 Å². The second-order valence-electron chi connectivity index (χ2n) is 4.72. The molecule has 19 heavy (non-hydrogen) atoms. The molecule has 1 N–H and O–H groups in total. The SMILES string of the molecule is CCCN(CC(=O)O)C(=O)CC(C)c1ccccc1. The van der Waals surface area contributed by atoms with E-state index >= 15 is 0 Å². The number of rotatable bonds is 7. The predicted molar refractivity (Wildman–Crippen MR) is 74.0 cm³/mol. The maximum absolute atomic E-state index is 12.1. The third-order valence-corrected chi connectivity index (χ3v) is 3.02. The van der Waals surface area contributed by atoms with Gasteiger partial charge in [0, 0.05) is 13.0 Å². The molecule has 0 radical (unpaired) electrons. The summed E-state index contributed by atoms with van der Waals surface area (Å²) in [6.45, 7) is 4.20. The van der Waals surface area contributed by atoms with Crippen LogP contribution in [-0.2, 0) is 9.59 Å². The van der Waals surface area contributed by atoms with Crippen LogP contribution in [0.25, 0.3) is 0 Å². The molecule has 0 aliphatic heterocycles. The van der Waals surface area contributed by atoms with Gasteiger partial charge in [0.1, 0.15) is 6.54 Å². The van der Waals surface area contributed by atoms with Crippen molar-refractivity contribution in [1.29, 1.82) is 0 Å². The summed E-state index contributed by atoms with van der Waals surface area (Å²) in [5.41, 5.74) is 1.10. The summed E-state index contributed by atoms with van der Waals surface area (Å²) in [5, 5.41) is 8.82. The molecule has 0 aliphatic carbocycles. The number of hydrogen-bond donors (Lipinski definition) is 1. The summed E-state index contributed by atoms with van der Waals surface area (Å²) in [7, 11) is 0. The van der Waals surface area contributed by atoms with E-state index in [1.165, 1.54) is 4.90 Å². The molecule has 0 spiro atoms. The molecule has 4 nitrogen and oxygen atoms in total. The van der Waals surface area contributed by atoms with Gasteiger partial charge in [-0.2, -0.15) is 0 Å². The van der Waals surface area contributed by atoms with Crippen LogP contribution in [0.4, 0.5) is 0 Å². The van der Waals surface area contributed by atoms with E-state index in [2.05, 4.69) is 0 Å². The quantitative estimate of drug-likeness (QED) is 0.822. The van der Waals surface area contributed by atoms with Gasteiger partial charge in [-0.3, -0.25) is 9.59 Å². The molecule has 1 aromatic rings. The molecular formula is C15H21NO3. The van der Waals surface area contributed by atoms with E-state index in [0.717, 1.165) is 12.0 Å². The summed E-state index contributed by atoms with van der Waals surface area (Å²) in [6.07, 6.45) is 1.11. The third-order valence-electron chi connectivity index (χ3n) is 3.02. The lowest BCUT2D eigenvalue weighted by molar-refractivity contribution is -0.144. The molecule has 0 saturated heterocycles. The fourth-order valence-electron chi connectivity index (χ4n) is 2.02. The first kappa shape index (κ1) is 15.2. The van der Waals surface area contributed by atoms with Crippen molar-refractivity contribution < 1.29 is 14.7 Å². The molecule has 0 aliphatic rings. The fraction of sp³-hybridized carbons (Fsp3) is 0.467. The Labute approximate surface area is 114 Å². The van der Waals surface area contributed by atoms with Crippen molar-refractivity contribution in [1.82, 2.24) is 4.90 Å². The van der Waals surface area contributed by atoms with Gasteiger partial charge >= 0.3 is 5.97 Å². The lowest BCUT2D eigenvalue weighted by Crippen LogP contribution is -2.36. The summed E-state index contributed by atoms with van der Waals surface area (Å²) >= 11 is 0. The van der Waals surface area contributed by atoms with Crippen molar-refractivity contribution in [2.24, 2.45) is 0 Å². The Bertz CT molecular complexity index is 417. The largest absolute Gasteiger partial charge is 0.480 e. The Morgan fingerprint density at radius 2 is 1.89 bits per heavy atom. The van der Waals surface area contributed by atoms with Crippen LogP contribution < -0.4 is 0 Å². The van der Waals surface area contributed by atoms with Crippen molar-refractivity contribution in [3.63, 3.8) is 0 Å². The predicted octanol–water partition coefficient (Wildman–Crippen LogP) is 2.50. The molecule has 0 heterocycles. The van der Waals surface area contributed by atoms with Gasteiger partial charge < -0.3 is 10.0 Å². The zero-order valence-corrected chi connectivity index (χ0v) is 11.5. The molecule has 1 amide bonds. The molecule has 0 bridgehead atoms. The highest BCUT2D eigenvalue weighted by Gasteiger charge is 2.19. The molecule has 1 atom stereocenters. The first-order valence-electron chi connectivity index (χ1n) is 6.59. The summed E-state index contributed by atoms with van der Waals surface area (Å²) in [4.78, 5) is 24.3. The molecule has 1 rings (SSSR count). The number of amides is 1. The van der Waals surface area contributed by atoms with Crippen LogP contribution in [0.3, 0.4) is 0 Å². The molecule has 0 saturated carbocycles.